The van der Waals surface area contributed by atoms with E-state index in [4.69, 9.17) is 28.1 Å². The maximum Gasteiger partial charge on any atom is 0.451 e. The molecule has 1 heterocycles. The highest BCUT2D eigenvalue weighted by atomic mass is 35.5. The standard InChI is InChI=1S/C19H23BClNO5/c1-2-16(19(24)25)17-12-22(11-14(17)4-3-9-20(26)27)18(23)10-13-5-7-15(21)8-6-13/h1,5-8,14,16-17,26-27H,3-4,9-12H2,(H,24,25)/t14-,16+,17?/m0/s1. The van der Waals surface area contributed by atoms with Crippen molar-refractivity contribution in [3.05, 3.63) is 34.9 Å². The van der Waals surface area contributed by atoms with E-state index < -0.39 is 19.0 Å². The van der Waals surface area contributed by atoms with Crippen LogP contribution in [0.15, 0.2) is 24.3 Å². The van der Waals surface area contributed by atoms with Crippen LogP contribution >= 0.6 is 11.6 Å². The molecule has 0 aromatic heterocycles. The van der Waals surface area contributed by atoms with E-state index in [2.05, 4.69) is 5.92 Å². The average Bonchev–Trinajstić information content (AvgIpc) is 3.01. The van der Waals surface area contributed by atoms with E-state index in [1.165, 1.54) is 0 Å². The number of hydrogen-bond donors (Lipinski definition) is 3. The van der Waals surface area contributed by atoms with Crippen molar-refractivity contribution < 1.29 is 24.7 Å². The van der Waals surface area contributed by atoms with E-state index in [1.807, 2.05) is 0 Å². The predicted molar refractivity (Wildman–Crippen MR) is 103 cm³/mol. The lowest BCUT2D eigenvalue weighted by Gasteiger charge is -2.20. The molecule has 1 unspecified atom stereocenters. The van der Waals surface area contributed by atoms with Crippen LogP contribution in [0.4, 0.5) is 0 Å². The summed E-state index contributed by atoms with van der Waals surface area (Å²) in [7, 11) is -1.39. The van der Waals surface area contributed by atoms with Crippen LogP contribution in [0.3, 0.4) is 0 Å². The van der Waals surface area contributed by atoms with Gasteiger partial charge < -0.3 is 20.1 Å². The fourth-order valence-electron chi connectivity index (χ4n) is 3.61. The third-order valence-corrected chi connectivity index (χ3v) is 5.28. The van der Waals surface area contributed by atoms with Gasteiger partial charge in [-0.25, -0.2) is 0 Å². The minimum absolute atomic E-state index is 0.0879. The molecule has 1 aromatic carbocycles. The lowest BCUT2D eigenvalue weighted by atomic mass is 9.78. The van der Waals surface area contributed by atoms with Crippen molar-refractivity contribution in [2.24, 2.45) is 17.8 Å². The Labute approximate surface area is 164 Å². The Bertz CT molecular complexity index is 703. The molecule has 6 nitrogen and oxygen atoms in total. The fourth-order valence-corrected chi connectivity index (χ4v) is 3.74. The third kappa shape index (κ3) is 6.00. The molecule has 3 atom stereocenters. The number of terminal acetylenes is 1. The number of carboxylic acid groups (broad SMARTS) is 1. The molecule has 1 fully saturated rings. The van der Waals surface area contributed by atoms with Crippen LogP contribution in [0.1, 0.15) is 18.4 Å². The van der Waals surface area contributed by atoms with Gasteiger partial charge in [0.15, 0.2) is 0 Å². The fraction of sp³-hybridized carbons (Fsp3) is 0.474. The first-order valence-electron chi connectivity index (χ1n) is 8.89. The van der Waals surface area contributed by atoms with Crippen LogP contribution in [0.25, 0.3) is 0 Å². The number of nitrogens with zero attached hydrogens (tertiary/aromatic N) is 1. The lowest BCUT2D eigenvalue weighted by molar-refractivity contribution is -0.142. The Morgan fingerprint density at radius 1 is 1.30 bits per heavy atom. The van der Waals surface area contributed by atoms with E-state index in [1.54, 1.807) is 29.2 Å². The summed E-state index contributed by atoms with van der Waals surface area (Å²) in [4.78, 5) is 25.8. The maximum atomic E-state index is 12.7. The summed E-state index contributed by atoms with van der Waals surface area (Å²) in [5.41, 5.74) is 0.833. The topological polar surface area (TPSA) is 98.1 Å². The molecule has 1 amide bonds. The molecule has 27 heavy (non-hydrogen) atoms. The van der Waals surface area contributed by atoms with Gasteiger partial charge in [0.2, 0.25) is 5.91 Å². The van der Waals surface area contributed by atoms with Gasteiger partial charge in [-0.05, 0) is 36.4 Å². The highest BCUT2D eigenvalue weighted by molar-refractivity contribution is 6.40. The summed E-state index contributed by atoms with van der Waals surface area (Å²) in [6.07, 6.45) is 6.94. The van der Waals surface area contributed by atoms with Crippen LogP contribution in [-0.2, 0) is 16.0 Å². The lowest BCUT2D eigenvalue weighted by Crippen LogP contribution is -2.32. The number of carbonyl (C=O) groups is 2. The molecule has 8 heteroatoms. The molecule has 1 aromatic rings. The van der Waals surface area contributed by atoms with Gasteiger partial charge in [0.05, 0.1) is 6.42 Å². The molecule has 3 N–H and O–H groups in total. The first kappa shape index (κ1) is 21.3. The van der Waals surface area contributed by atoms with Gasteiger partial charge in [-0.3, -0.25) is 9.59 Å². The summed E-state index contributed by atoms with van der Waals surface area (Å²) in [6, 6.07) is 7.02. The van der Waals surface area contributed by atoms with Crippen LogP contribution in [-0.4, -0.2) is 52.1 Å². The van der Waals surface area contributed by atoms with Crippen LogP contribution < -0.4 is 0 Å². The van der Waals surface area contributed by atoms with Gasteiger partial charge in [0.1, 0.15) is 5.92 Å². The van der Waals surface area contributed by atoms with Crippen LogP contribution in [0.5, 0.6) is 0 Å². The van der Waals surface area contributed by atoms with E-state index in [0.717, 1.165) is 5.56 Å². The van der Waals surface area contributed by atoms with E-state index >= 15 is 0 Å². The number of likely N-dealkylation sites (tertiary alicyclic amines) is 1. The van der Waals surface area contributed by atoms with E-state index in [9.17, 15) is 14.7 Å². The average molecular weight is 392 g/mol. The molecule has 1 aliphatic rings. The summed E-state index contributed by atoms with van der Waals surface area (Å²) in [5, 5.41) is 28.0. The molecule has 1 aliphatic heterocycles. The normalized spacial score (nSPS) is 20.1. The molecule has 0 saturated carbocycles. The van der Waals surface area contributed by atoms with Crippen molar-refractivity contribution in [2.45, 2.75) is 25.6 Å². The molecular weight excluding hydrogens is 368 g/mol. The largest absolute Gasteiger partial charge is 0.480 e. The Morgan fingerprint density at radius 3 is 2.52 bits per heavy atom. The summed E-state index contributed by atoms with van der Waals surface area (Å²) in [6.45, 7) is 0.712. The second-order valence-corrected chi connectivity index (χ2v) is 7.36. The number of aliphatic carboxylic acids is 1. The second-order valence-electron chi connectivity index (χ2n) is 6.92. The molecule has 0 aliphatic carbocycles. The highest BCUT2D eigenvalue weighted by Gasteiger charge is 2.41. The number of carboxylic acids is 1. The summed E-state index contributed by atoms with van der Waals surface area (Å²) < 4.78 is 0. The van der Waals surface area contributed by atoms with Crippen molar-refractivity contribution in [2.75, 3.05) is 13.1 Å². The number of carbonyl (C=O) groups excluding carboxylic acids is 1. The summed E-state index contributed by atoms with van der Waals surface area (Å²) >= 11 is 5.86. The number of amides is 1. The first-order valence-corrected chi connectivity index (χ1v) is 9.27. The quantitative estimate of drug-likeness (QED) is 0.461. The molecular formula is C19H23BClNO5. The SMILES string of the molecule is C#C[C@@H](C(=O)O)C1CN(C(=O)Cc2ccc(Cl)cc2)C[C@@H]1CCCB(O)O. The summed E-state index contributed by atoms with van der Waals surface area (Å²) in [5.74, 6) is -0.228. The van der Waals surface area contributed by atoms with Crippen LogP contribution in [0.2, 0.25) is 11.3 Å². The highest BCUT2D eigenvalue weighted by Crippen LogP contribution is 2.34. The van der Waals surface area contributed by atoms with Crippen molar-refractivity contribution >= 4 is 30.6 Å². The van der Waals surface area contributed by atoms with Gasteiger partial charge in [0, 0.05) is 24.0 Å². The molecule has 144 valence electrons. The molecule has 0 spiro atoms. The van der Waals surface area contributed by atoms with E-state index in [-0.39, 0.29) is 30.5 Å². The smallest absolute Gasteiger partial charge is 0.451 e. The van der Waals surface area contributed by atoms with Gasteiger partial charge in [0.25, 0.3) is 0 Å². The number of halogens is 1. The maximum absolute atomic E-state index is 12.7. The zero-order chi connectivity index (χ0) is 20.0. The molecule has 0 bridgehead atoms. The molecule has 1 saturated heterocycles. The monoisotopic (exact) mass is 391 g/mol. The zero-order valence-electron chi connectivity index (χ0n) is 14.9. The third-order valence-electron chi connectivity index (χ3n) is 5.02. The van der Waals surface area contributed by atoms with Crippen molar-refractivity contribution in [3.8, 4) is 12.3 Å². The first-order chi connectivity index (χ1) is 12.8. The van der Waals surface area contributed by atoms with Crippen molar-refractivity contribution in [1.82, 2.24) is 4.90 Å². The van der Waals surface area contributed by atoms with E-state index in [0.29, 0.717) is 31.0 Å². The number of hydrogen-bond acceptors (Lipinski definition) is 4. The minimum Gasteiger partial charge on any atom is -0.480 e. The van der Waals surface area contributed by atoms with Crippen molar-refractivity contribution in [1.29, 1.82) is 0 Å². The predicted octanol–water partition coefficient (Wildman–Crippen LogP) is 1.54. The Kier molecular flexibility index (Phi) is 7.72. The Balaban J connectivity index is 2.06. The van der Waals surface area contributed by atoms with Crippen LogP contribution in [0, 0.1) is 30.1 Å². The number of rotatable bonds is 8. The minimum atomic E-state index is -1.39. The molecule has 0 radical (unpaired) electrons. The van der Waals surface area contributed by atoms with Gasteiger partial charge in [-0.15, -0.1) is 6.42 Å². The Morgan fingerprint density at radius 2 is 1.96 bits per heavy atom. The number of benzene rings is 1. The van der Waals surface area contributed by atoms with Crippen molar-refractivity contribution in [3.63, 3.8) is 0 Å². The second kappa shape index (κ2) is 9.79. The molecule has 2 rings (SSSR count). The zero-order valence-corrected chi connectivity index (χ0v) is 15.7. The van der Waals surface area contributed by atoms with Gasteiger partial charge in [-0.2, -0.15) is 0 Å². The van der Waals surface area contributed by atoms with Gasteiger partial charge in [-0.1, -0.05) is 36.1 Å². The van der Waals surface area contributed by atoms with Gasteiger partial charge >= 0.3 is 13.1 Å². The Hall–Kier alpha value is -2.01.